The van der Waals surface area contributed by atoms with E-state index in [9.17, 15) is 4.79 Å². The highest BCUT2D eigenvalue weighted by atomic mass is 16.2. The van der Waals surface area contributed by atoms with Crippen molar-refractivity contribution in [3.63, 3.8) is 0 Å². The topological polar surface area (TPSA) is 26.8 Å². The Kier molecular flexibility index (Phi) is 6.49. The molecule has 1 aliphatic heterocycles. The van der Waals surface area contributed by atoms with Crippen LogP contribution < -0.4 is 0 Å². The molecular formula is C21H33N3O. The maximum atomic E-state index is 12.9. The summed E-state index contributed by atoms with van der Waals surface area (Å²) in [5, 5.41) is 0. The van der Waals surface area contributed by atoms with Crippen LogP contribution in [0.5, 0.6) is 0 Å². The summed E-state index contributed by atoms with van der Waals surface area (Å²) in [4.78, 5) is 19.9. The van der Waals surface area contributed by atoms with E-state index in [0.717, 1.165) is 32.2 Å². The molecule has 1 amide bonds. The van der Waals surface area contributed by atoms with E-state index in [1.54, 1.807) is 0 Å². The van der Waals surface area contributed by atoms with E-state index in [-0.39, 0.29) is 11.9 Å². The quantitative estimate of drug-likeness (QED) is 0.794. The molecule has 0 spiro atoms. The van der Waals surface area contributed by atoms with Gasteiger partial charge >= 0.3 is 0 Å². The van der Waals surface area contributed by atoms with Crippen molar-refractivity contribution in [3.8, 4) is 0 Å². The van der Waals surface area contributed by atoms with E-state index in [0.29, 0.717) is 13.1 Å². The first-order valence-electron chi connectivity index (χ1n) is 9.93. The highest BCUT2D eigenvalue weighted by Crippen LogP contribution is 2.24. The van der Waals surface area contributed by atoms with Gasteiger partial charge in [-0.25, -0.2) is 0 Å². The molecule has 0 N–H and O–H groups in total. The molecule has 0 bridgehead atoms. The third kappa shape index (κ3) is 5.05. The predicted molar refractivity (Wildman–Crippen MR) is 102 cm³/mol. The minimum Gasteiger partial charge on any atom is -0.335 e. The molecule has 25 heavy (non-hydrogen) atoms. The molecule has 1 aromatic carbocycles. The van der Waals surface area contributed by atoms with Crippen molar-refractivity contribution >= 4 is 5.91 Å². The minimum atomic E-state index is 0.229. The van der Waals surface area contributed by atoms with Gasteiger partial charge in [0.15, 0.2) is 0 Å². The monoisotopic (exact) mass is 343 g/mol. The van der Waals surface area contributed by atoms with Crippen LogP contribution in [0.15, 0.2) is 30.3 Å². The van der Waals surface area contributed by atoms with Crippen LogP contribution in [0.1, 0.15) is 45.1 Å². The fourth-order valence-corrected chi connectivity index (χ4v) is 4.18. The standard InChI is InChI=1S/C21H33N3O/c1-18(2)24(16-19-8-4-3-5-9-19)21(25)17-22-12-14-23(15-13-22)20-10-6-7-11-20/h3-5,8-9,18,20H,6-7,10-17H2,1-2H3. The molecule has 0 radical (unpaired) electrons. The number of hydrogen-bond acceptors (Lipinski definition) is 3. The summed E-state index contributed by atoms with van der Waals surface area (Å²) >= 11 is 0. The van der Waals surface area contributed by atoms with E-state index in [2.05, 4.69) is 35.8 Å². The summed E-state index contributed by atoms with van der Waals surface area (Å²) in [5.74, 6) is 0.258. The molecule has 1 aromatic rings. The Labute approximate surface area is 152 Å². The van der Waals surface area contributed by atoms with Crippen LogP contribution >= 0.6 is 0 Å². The molecule has 1 heterocycles. The largest absolute Gasteiger partial charge is 0.335 e. The molecular weight excluding hydrogens is 310 g/mol. The summed E-state index contributed by atoms with van der Waals surface area (Å²) in [6, 6.07) is 11.3. The molecule has 3 rings (SSSR count). The van der Waals surface area contributed by atoms with Gasteiger partial charge in [-0.05, 0) is 32.3 Å². The minimum absolute atomic E-state index is 0.229. The maximum Gasteiger partial charge on any atom is 0.237 e. The maximum absolute atomic E-state index is 12.9. The summed E-state index contributed by atoms with van der Waals surface area (Å²) in [7, 11) is 0. The third-order valence-corrected chi connectivity index (χ3v) is 5.75. The van der Waals surface area contributed by atoms with Gasteiger partial charge in [-0.2, -0.15) is 0 Å². The zero-order chi connectivity index (χ0) is 17.6. The van der Waals surface area contributed by atoms with Crippen LogP contribution in [0.2, 0.25) is 0 Å². The van der Waals surface area contributed by atoms with E-state index in [1.807, 2.05) is 23.1 Å². The average Bonchev–Trinajstić information content (AvgIpc) is 3.15. The van der Waals surface area contributed by atoms with Gasteiger partial charge in [-0.3, -0.25) is 14.6 Å². The second-order valence-corrected chi connectivity index (χ2v) is 7.85. The lowest BCUT2D eigenvalue weighted by Gasteiger charge is -2.38. The van der Waals surface area contributed by atoms with Crippen molar-refractivity contribution in [1.82, 2.24) is 14.7 Å². The van der Waals surface area contributed by atoms with Gasteiger partial charge in [0, 0.05) is 44.8 Å². The van der Waals surface area contributed by atoms with E-state index in [1.165, 1.54) is 31.2 Å². The van der Waals surface area contributed by atoms with Gasteiger partial charge in [0.2, 0.25) is 5.91 Å². The fraction of sp³-hybridized carbons (Fsp3) is 0.667. The van der Waals surface area contributed by atoms with Crippen LogP contribution in [0.4, 0.5) is 0 Å². The van der Waals surface area contributed by atoms with E-state index in [4.69, 9.17) is 0 Å². The Hall–Kier alpha value is -1.39. The molecule has 0 unspecified atom stereocenters. The Morgan fingerprint density at radius 3 is 2.32 bits per heavy atom. The zero-order valence-corrected chi connectivity index (χ0v) is 15.9. The summed E-state index contributed by atoms with van der Waals surface area (Å²) < 4.78 is 0. The number of nitrogens with zero attached hydrogens (tertiary/aromatic N) is 3. The first-order chi connectivity index (χ1) is 12.1. The van der Waals surface area contributed by atoms with Gasteiger partial charge in [0.1, 0.15) is 0 Å². The molecule has 2 fully saturated rings. The molecule has 1 saturated carbocycles. The average molecular weight is 344 g/mol. The Balaban J connectivity index is 1.50. The second-order valence-electron chi connectivity index (χ2n) is 7.85. The SMILES string of the molecule is CC(C)N(Cc1ccccc1)C(=O)CN1CCN(C2CCCC2)CC1. The van der Waals surface area contributed by atoms with Crippen molar-refractivity contribution < 1.29 is 4.79 Å². The highest BCUT2D eigenvalue weighted by Gasteiger charge is 2.28. The van der Waals surface area contributed by atoms with Gasteiger partial charge in [0.05, 0.1) is 6.54 Å². The lowest BCUT2D eigenvalue weighted by molar-refractivity contribution is -0.135. The van der Waals surface area contributed by atoms with E-state index >= 15 is 0 Å². The fourth-order valence-electron chi connectivity index (χ4n) is 4.18. The summed E-state index contributed by atoms with van der Waals surface area (Å²) in [6.45, 7) is 9.79. The van der Waals surface area contributed by atoms with Crippen LogP contribution in [0.3, 0.4) is 0 Å². The van der Waals surface area contributed by atoms with Gasteiger partial charge in [-0.15, -0.1) is 0 Å². The number of piperazine rings is 1. The highest BCUT2D eigenvalue weighted by molar-refractivity contribution is 5.78. The smallest absolute Gasteiger partial charge is 0.237 e. The van der Waals surface area contributed by atoms with Crippen molar-refractivity contribution in [1.29, 1.82) is 0 Å². The molecule has 0 aromatic heterocycles. The van der Waals surface area contributed by atoms with Crippen molar-refractivity contribution in [3.05, 3.63) is 35.9 Å². The van der Waals surface area contributed by atoms with Crippen LogP contribution in [-0.2, 0) is 11.3 Å². The second kappa shape index (κ2) is 8.81. The van der Waals surface area contributed by atoms with Crippen molar-refractivity contribution in [2.24, 2.45) is 0 Å². The molecule has 1 aliphatic carbocycles. The predicted octanol–water partition coefficient (Wildman–Crippen LogP) is 2.98. The van der Waals surface area contributed by atoms with Gasteiger partial charge < -0.3 is 4.90 Å². The number of amides is 1. The van der Waals surface area contributed by atoms with Crippen LogP contribution in [-0.4, -0.2) is 65.4 Å². The molecule has 4 heteroatoms. The van der Waals surface area contributed by atoms with Crippen molar-refractivity contribution in [2.45, 2.75) is 58.2 Å². The summed E-state index contributed by atoms with van der Waals surface area (Å²) in [6.07, 6.45) is 5.53. The molecule has 1 saturated heterocycles. The molecule has 0 atom stereocenters. The third-order valence-electron chi connectivity index (χ3n) is 5.75. The molecule has 2 aliphatic rings. The van der Waals surface area contributed by atoms with Crippen LogP contribution in [0, 0.1) is 0 Å². The van der Waals surface area contributed by atoms with Crippen LogP contribution in [0.25, 0.3) is 0 Å². The van der Waals surface area contributed by atoms with Gasteiger partial charge in [-0.1, -0.05) is 43.2 Å². The lowest BCUT2D eigenvalue weighted by atomic mass is 10.1. The molecule has 4 nitrogen and oxygen atoms in total. The van der Waals surface area contributed by atoms with Gasteiger partial charge in [0.25, 0.3) is 0 Å². The number of carbonyl (C=O) groups is 1. The number of carbonyl (C=O) groups excluding carboxylic acids is 1. The Bertz CT molecular complexity index is 531. The number of rotatable bonds is 6. The normalized spacial score (nSPS) is 20.3. The first-order valence-corrected chi connectivity index (χ1v) is 9.93. The zero-order valence-electron chi connectivity index (χ0n) is 15.9. The van der Waals surface area contributed by atoms with Crippen molar-refractivity contribution in [2.75, 3.05) is 32.7 Å². The summed E-state index contributed by atoms with van der Waals surface area (Å²) in [5.41, 5.74) is 1.20. The molecule has 138 valence electrons. The van der Waals surface area contributed by atoms with E-state index < -0.39 is 0 Å². The lowest BCUT2D eigenvalue weighted by Crippen LogP contribution is -2.52. The first kappa shape index (κ1) is 18.4. The number of benzene rings is 1. The number of hydrogen-bond donors (Lipinski definition) is 0. The Morgan fingerprint density at radius 1 is 1.08 bits per heavy atom. The Morgan fingerprint density at radius 2 is 1.72 bits per heavy atom.